The third kappa shape index (κ3) is 5.18. The molecular formula is C21H21F3N4O2. The fourth-order valence-electron chi connectivity index (χ4n) is 2.99. The van der Waals surface area contributed by atoms with Crippen LogP contribution < -0.4 is 15.8 Å². The van der Waals surface area contributed by atoms with E-state index in [4.69, 9.17) is 10.5 Å². The zero-order chi connectivity index (χ0) is 21.7. The van der Waals surface area contributed by atoms with Crippen molar-refractivity contribution in [2.75, 3.05) is 18.5 Å². The first-order valence-corrected chi connectivity index (χ1v) is 9.19. The van der Waals surface area contributed by atoms with Gasteiger partial charge in [-0.1, -0.05) is 18.2 Å². The second-order valence-electron chi connectivity index (χ2n) is 6.61. The first-order chi connectivity index (χ1) is 14.3. The standard InChI is InChI=1S/C21H21F3N4O2/c1-28-18(7-9-26-28)17-13-16(5-6-19(17)30-10-8-25)27-20(29)12-14-3-2-4-15(11-14)21(22,23)24/h2-7,9,11,13H,8,10,12,25H2,1H3,(H,27,29). The molecule has 0 aliphatic rings. The van der Waals surface area contributed by atoms with E-state index >= 15 is 0 Å². The number of hydrogen-bond donors (Lipinski definition) is 2. The minimum atomic E-state index is -4.45. The Kier molecular flexibility index (Phi) is 6.41. The third-order valence-corrected chi connectivity index (χ3v) is 4.35. The molecule has 30 heavy (non-hydrogen) atoms. The van der Waals surface area contributed by atoms with E-state index in [2.05, 4.69) is 10.4 Å². The molecule has 9 heteroatoms. The molecule has 2 aromatic carbocycles. The Bertz CT molecular complexity index is 1030. The summed E-state index contributed by atoms with van der Waals surface area (Å²) in [7, 11) is 1.78. The highest BCUT2D eigenvalue weighted by Crippen LogP contribution is 2.33. The molecule has 1 amide bonds. The van der Waals surface area contributed by atoms with Crippen molar-refractivity contribution in [3.8, 4) is 17.0 Å². The van der Waals surface area contributed by atoms with Crippen LogP contribution in [0, 0.1) is 0 Å². The molecule has 0 spiro atoms. The van der Waals surface area contributed by atoms with Crippen LogP contribution in [0.5, 0.6) is 5.75 Å². The molecule has 1 heterocycles. The summed E-state index contributed by atoms with van der Waals surface area (Å²) in [6.07, 6.45) is -3.00. The van der Waals surface area contributed by atoms with Crippen LogP contribution in [0.25, 0.3) is 11.3 Å². The highest BCUT2D eigenvalue weighted by atomic mass is 19.4. The lowest BCUT2D eigenvalue weighted by Crippen LogP contribution is -2.15. The van der Waals surface area contributed by atoms with Crippen LogP contribution in [0.4, 0.5) is 18.9 Å². The SMILES string of the molecule is Cn1nccc1-c1cc(NC(=O)Cc2cccc(C(F)(F)F)c2)ccc1OCCN. The quantitative estimate of drug-likeness (QED) is 0.614. The Labute approximate surface area is 171 Å². The summed E-state index contributed by atoms with van der Waals surface area (Å²) in [6, 6.07) is 11.6. The third-order valence-electron chi connectivity index (χ3n) is 4.35. The minimum Gasteiger partial charge on any atom is -0.492 e. The van der Waals surface area contributed by atoms with Gasteiger partial charge in [0.2, 0.25) is 5.91 Å². The maximum Gasteiger partial charge on any atom is 0.416 e. The number of anilines is 1. The molecule has 0 saturated carbocycles. The van der Waals surface area contributed by atoms with Crippen molar-refractivity contribution in [2.45, 2.75) is 12.6 Å². The normalized spacial score (nSPS) is 11.4. The molecule has 158 valence electrons. The fraction of sp³-hybridized carbons (Fsp3) is 0.238. The number of alkyl halides is 3. The topological polar surface area (TPSA) is 82.2 Å². The number of carbonyl (C=O) groups is 1. The molecule has 0 bridgehead atoms. The van der Waals surface area contributed by atoms with Gasteiger partial charge in [-0.15, -0.1) is 0 Å². The van der Waals surface area contributed by atoms with Gasteiger partial charge in [-0.25, -0.2) is 0 Å². The average molecular weight is 418 g/mol. The van der Waals surface area contributed by atoms with Crippen LogP contribution in [-0.4, -0.2) is 28.8 Å². The van der Waals surface area contributed by atoms with Crippen molar-refractivity contribution in [1.29, 1.82) is 0 Å². The van der Waals surface area contributed by atoms with Crippen molar-refractivity contribution >= 4 is 11.6 Å². The van der Waals surface area contributed by atoms with Gasteiger partial charge in [0.15, 0.2) is 0 Å². The molecule has 0 saturated heterocycles. The highest BCUT2D eigenvalue weighted by Gasteiger charge is 2.30. The van der Waals surface area contributed by atoms with Gasteiger partial charge in [-0.05, 0) is 35.9 Å². The zero-order valence-electron chi connectivity index (χ0n) is 16.2. The van der Waals surface area contributed by atoms with Crippen molar-refractivity contribution in [3.63, 3.8) is 0 Å². The van der Waals surface area contributed by atoms with Gasteiger partial charge < -0.3 is 15.8 Å². The summed E-state index contributed by atoms with van der Waals surface area (Å²) >= 11 is 0. The molecule has 0 atom stereocenters. The summed E-state index contributed by atoms with van der Waals surface area (Å²) in [5.74, 6) is 0.154. The van der Waals surface area contributed by atoms with E-state index < -0.39 is 17.6 Å². The maximum absolute atomic E-state index is 12.9. The summed E-state index contributed by atoms with van der Waals surface area (Å²) in [5, 5.41) is 6.87. The Morgan fingerprint density at radius 3 is 2.67 bits per heavy atom. The van der Waals surface area contributed by atoms with Gasteiger partial charge in [0, 0.05) is 31.0 Å². The maximum atomic E-state index is 12.9. The largest absolute Gasteiger partial charge is 0.492 e. The van der Waals surface area contributed by atoms with Crippen LogP contribution in [0.3, 0.4) is 0 Å². The lowest BCUT2D eigenvalue weighted by atomic mass is 10.1. The number of amides is 1. The number of benzene rings is 2. The number of rotatable bonds is 7. The first-order valence-electron chi connectivity index (χ1n) is 9.19. The monoisotopic (exact) mass is 418 g/mol. The number of nitrogens with two attached hydrogens (primary N) is 1. The van der Waals surface area contributed by atoms with E-state index in [-0.39, 0.29) is 12.0 Å². The van der Waals surface area contributed by atoms with Crippen LogP contribution in [-0.2, 0) is 24.4 Å². The predicted octanol–water partition coefficient (Wildman–Crippen LogP) is 3.62. The van der Waals surface area contributed by atoms with E-state index in [1.807, 2.05) is 0 Å². The lowest BCUT2D eigenvalue weighted by molar-refractivity contribution is -0.137. The number of ether oxygens (including phenoxy) is 1. The average Bonchev–Trinajstić information content (AvgIpc) is 3.12. The van der Waals surface area contributed by atoms with Crippen molar-refractivity contribution < 1.29 is 22.7 Å². The summed E-state index contributed by atoms with van der Waals surface area (Å²) in [5.41, 5.74) is 6.97. The fourth-order valence-corrected chi connectivity index (χ4v) is 2.99. The Morgan fingerprint density at radius 2 is 2.00 bits per heavy atom. The summed E-state index contributed by atoms with van der Waals surface area (Å²) < 4.78 is 45.9. The first kappa shape index (κ1) is 21.4. The van der Waals surface area contributed by atoms with Gasteiger partial charge in [-0.2, -0.15) is 18.3 Å². The highest BCUT2D eigenvalue weighted by molar-refractivity contribution is 5.93. The van der Waals surface area contributed by atoms with Crippen LogP contribution >= 0.6 is 0 Å². The molecule has 3 aromatic rings. The molecule has 0 unspecified atom stereocenters. The van der Waals surface area contributed by atoms with Gasteiger partial charge >= 0.3 is 6.18 Å². The number of nitrogens with zero attached hydrogens (tertiary/aromatic N) is 2. The molecular weight excluding hydrogens is 397 g/mol. The van der Waals surface area contributed by atoms with E-state index in [1.165, 1.54) is 12.1 Å². The number of hydrogen-bond acceptors (Lipinski definition) is 4. The molecule has 3 rings (SSSR count). The van der Waals surface area contributed by atoms with Gasteiger partial charge in [0.25, 0.3) is 0 Å². The molecule has 3 N–H and O–H groups in total. The van der Waals surface area contributed by atoms with Crippen molar-refractivity contribution in [3.05, 3.63) is 65.9 Å². The number of aryl methyl sites for hydroxylation is 1. The van der Waals surface area contributed by atoms with Gasteiger partial charge in [0.1, 0.15) is 12.4 Å². The van der Waals surface area contributed by atoms with Crippen molar-refractivity contribution in [2.24, 2.45) is 12.8 Å². The van der Waals surface area contributed by atoms with Crippen LogP contribution in [0.15, 0.2) is 54.7 Å². The lowest BCUT2D eigenvalue weighted by Gasteiger charge is -2.14. The summed E-state index contributed by atoms with van der Waals surface area (Å²) in [6.45, 7) is 0.673. The van der Waals surface area contributed by atoms with E-state index in [0.717, 1.165) is 17.8 Å². The van der Waals surface area contributed by atoms with Gasteiger partial charge in [-0.3, -0.25) is 9.48 Å². The predicted molar refractivity (Wildman–Crippen MR) is 107 cm³/mol. The summed E-state index contributed by atoms with van der Waals surface area (Å²) in [4.78, 5) is 12.4. The van der Waals surface area contributed by atoms with E-state index in [1.54, 1.807) is 42.2 Å². The smallest absolute Gasteiger partial charge is 0.416 e. The molecule has 0 aliphatic heterocycles. The number of aromatic nitrogens is 2. The second-order valence-corrected chi connectivity index (χ2v) is 6.61. The van der Waals surface area contributed by atoms with E-state index in [0.29, 0.717) is 30.2 Å². The molecule has 0 aliphatic carbocycles. The number of nitrogens with one attached hydrogen (secondary N) is 1. The second kappa shape index (κ2) is 9.00. The van der Waals surface area contributed by atoms with E-state index in [9.17, 15) is 18.0 Å². The van der Waals surface area contributed by atoms with Crippen molar-refractivity contribution in [1.82, 2.24) is 9.78 Å². The van der Waals surface area contributed by atoms with Crippen LogP contribution in [0.2, 0.25) is 0 Å². The Morgan fingerprint density at radius 1 is 1.20 bits per heavy atom. The molecule has 0 radical (unpaired) electrons. The Hall–Kier alpha value is -3.33. The number of carbonyl (C=O) groups excluding carboxylic acids is 1. The van der Waals surface area contributed by atoms with Gasteiger partial charge in [0.05, 0.1) is 17.7 Å². The molecule has 0 fully saturated rings. The Balaban J connectivity index is 1.79. The molecule has 6 nitrogen and oxygen atoms in total. The zero-order valence-corrected chi connectivity index (χ0v) is 16.2. The van der Waals surface area contributed by atoms with Crippen LogP contribution in [0.1, 0.15) is 11.1 Å². The number of halogens is 3. The molecule has 1 aromatic heterocycles. The minimum absolute atomic E-state index is 0.184.